The molecule has 0 amide bonds. The van der Waals surface area contributed by atoms with Crippen molar-refractivity contribution in [2.75, 3.05) is 19.6 Å². The highest BCUT2D eigenvalue weighted by Crippen LogP contribution is 2.48. The number of alkyl halides is 2. The lowest BCUT2D eigenvalue weighted by Crippen LogP contribution is -2.21. The van der Waals surface area contributed by atoms with Crippen molar-refractivity contribution in [3.63, 3.8) is 0 Å². The van der Waals surface area contributed by atoms with Gasteiger partial charge >= 0.3 is 0 Å². The number of hydrogen-bond donors (Lipinski definition) is 1. The Morgan fingerprint density at radius 3 is 2.96 bits per heavy atom. The number of pyridine rings is 1. The van der Waals surface area contributed by atoms with Crippen LogP contribution in [0.2, 0.25) is 0 Å². The monoisotopic (exact) mass is 428 g/mol. The topological polar surface area (TPSA) is 70.3 Å². The van der Waals surface area contributed by atoms with Crippen molar-refractivity contribution in [3.8, 4) is 5.88 Å². The largest absolute Gasteiger partial charge is 0.438 e. The van der Waals surface area contributed by atoms with E-state index >= 15 is 0 Å². The van der Waals surface area contributed by atoms with Crippen LogP contribution >= 0.6 is 15.9 Å². The molecular weight excluding hydrogens is 410 g/mol. The lowest BCUT2D eigenvalue weighted by Gasteiger charge is -2.14. The molecule has 1 fully saturated rings. The van der Waals surface area contributed by atoms with Gasteiger partial charge < -0.3 is 9.84 Å². The number of halogens is 3. The molecule has 6 nitrogen and oxygen atoms in total. The highest BCUT2D eigenvalue weighted by Gasteiger charge is 2.57. The molecule has 0 spiro atoms. The molecule has 9 heteroatoms. The minimum Gasteiger partial charge on any atom is -0.438 e. The van der Waals surface area contributed by atoms with E-state index in [1.54, 1.807) is 37.4 Å². The fourth-order valence-corrected chi connectivity index (χ4v) is 2.83. The third-order valence-corrected chi connectivity index (χ3v) is 4.74. The molecule has 1 saturated carbocycles. The molecule has 2 heterocycles. The van der Waals surface area contributed by atoms with Crippen LogP contribution < -0.4 is 4.74 Å². The Balaban J connectivity index is 1.72. The Labute approximate surface area is 158 Å². The lowest BCUT2D eigenvalue weighted by molar-refractivity contribution is 0.0878. The fraction of sp³-hybridized carbons (Fsp3) is 0.471. The minimum atomic E-state index is -2.58. The first-order valence-corrected chi connectivity index (χ1v) is 9.02. The maximum atomic E-state index is 13.1. The Morgan fingerprint density at radius 2 is 2.27 bits per heavy atom. The van der Waals surface area contributed by atoms with Crippen LogP contribution in [0.1, 0.15) is 25.0 Å². The zero-order valence-electron chi connectivity index (χ0n) is 14.1. The molecule has 3 rings (SSSR count). The number of hydrogen-bond acceptors (Lipinski definition) is 6. The van der Waals surface area contributed by atoms with E-state index in [1.807, 2.05) is 0 Å². The van der Waals surface area contributed by atoms with Crippen molar-refractivity contribution in [3.05, 3.63) is 46.3 Å². The Kier molecular flexibility index (Phi) is 5.67. The number of aliphatic hydroxyl groups excluding tert-OH is 1. The van der Waals surface area contributed by atoms with E-state index < -0.39 is 17.9 Å². The van der Waals surface area contributed by atoms with Gasteiger partial charge in [0.05, 0.1) is 23.7 Å². The van der Waals surface area contributed by atoms with Crippen molar-refractivity contribution in [1.29, 1.82) is 0 Å². The summed E-state index contributed by atoms with van der Waals surface area (Å²) in [5.74, 6) is -2.47. The predicted molar refractivity (Wildman–Crippen MR) is 94.9 cm³/mol. The summed E-state index contributed by atoms with van der Waals surface area (Å²) >= 11 is 3.42. The molecule has 1 aromatic heterocycles. The molecule has 0 bridgehead atoms. The normalized spacial score (nSPS) is 23.3. The summed E-state index contributed by atoms with van der Waals surface area (Å²) in [5.41, 5.74) is 0.563. The third kappa shape index (κ3) is 4.64. The molecule has 2 unspecified atom stereocenters. The van der Waals surface area contributed by atoms with Crippen molar-refractivity contribution < 1.29 is 18.6 Å². The molecule has 1 aliphatic carbocycles. The van der Waals surface area contributed by atoms with Crippen LogP contribution in [0.25, 0.3) is 0 Å². The number of aliphatic hydroxyl groups is 1. The summed E-state index contributed by atoms with van der Waals surface area (Å²) in [7, 11) is 0. The smallest absolute Gasteiger partial charge is 0.253 e. The van der Waals surface area contributed by atoms with Gasteiger partial charge in [0.2, 0.25) is 5.88 Å². The first-order chi connectivity index (χ1) is 12.4. The van der Waals surface area contributed by atoms with E-state index in [-0.39, 0.29) is 19.5 Å². The SMILES string of the molecule is CC(O)c1cccnc1OC1=C(Br)CN=NN(CC2CC2(F)F)CC=C1. The first kappa shape index (κ1) is 18.9. The molecule has 26 heavy (non-hydrogen) atoms. The standard InChI is InChI=1S/C17H19BrF2N4O2/c1-11(25)13-4-2-6-21-16(13)26-15-5-3-7-24(23-22-9-14(15)18)10-12-8-17(12,19)20/h2-6,11-12,25H,7-10H2,1H3. The van der Waals surface area contributed by atoms with Crippen molar-refractivity contribution in [2.24, 2.45) is 16.3 Å². The number of aromatic nitrogens is 1. The van der Waals surface area contributed by atoms with Gasteiger partial charge in [0, 0.05) is 30.6 Å². The zero-order valence-corrected chi connectivity index (χ0v) is 15.7. The molecule has 140 valence electrons. The summed E-state index contributed by atoms with van der Waals surface area (Å²) in [6.07, 6.45) is 4.24. The number of allylic oxidation sites excluding steroid dienone is 1. The van der Waals surface area contributed by atoms with Gasteiger partial charge in [-0.05, 0) is 41.1 Å². The van der Waals surface area contributed by atoms with Crippen LogP contribution in [0.4, 0.5) is 8.78 Å². The molecule has 0 saturated heterocycles. The van der Waals surface area contributed by atoms with Gasteiger partial charge in [0.25, 0.3) is 5.92 Å². The van der Waals surface area contributed by atoms with Crippen molar-refractivity contribution >= 4 is 15.9 Å². The van der Waals surface area contributed by atoms with Crippen LogP contribution in [0.5, 0.6) is 5.88 Å². The van der Waals surface area contributed by atoms with E-state index in [1.165, 1.54) is 5.01 Å². The number of rotatable bonds is 5. The highest BCUT2D eigenvalue weighted by atomic mass is 79.9. The molecule has 1 aliphatic heterocycles. The van der Waals surface area contributed by atoms with Gasteiger partial charge in [-0.1, -0.05) is 11.3 Å². The molecule has 2 aliphatic rings. The number of nitrogens with zero attached hydrogens (tertiary/aromatic N) is 4. The van der Waals surface area contributed by atoms with Crippen LogP contribution in [-0.2, 0) is 0 Å². The molecule has 2 atom stereocenters. The molecule has 0 radical (unpaired) electrons. The summed E-state index contributed by atoms with van der Waals surface area (Å²) in [4.78, 5) is 4.17. The van der Waals surface area contributed by atoms with Gasteiger partial charge in [-0.2, -0.15) is 5.11 Å². The van der Waals surface area contributed by atoms with E-state index in [0.29, 0.717) is 28.2 Å². The zero-order chi connectivity index (χ0) is 18.7. The van der Waals surface area contributed by atoms with Gasteiger partial charge in [0.1, 0.15) is 5.76 Å². The van der Waals surface area contributed by atoms with Crippen LogP contribution in [-0.4, -0.2) is 40.7 Å². The highest BCUT2D eigenvalue weighted by molar-refractivity contribution is 9.11. The first-order valence-electron chi connectivity index (χ1n) is 8.23. The van der Waals surface area contributed by atoms with Crippen molar-refractivity contribution in [1.82, 2.24) is 9.99 Å². The minimum absolute atomic E-state index is 0.0964. The molecule has 1 N–H and O–H groups in total. The number of ether oxygens (including phenoxy) is 1. The molecule has 0 aromatic carbocycles. The Bertz CT molecular complexity index is 752. The molecular formula is C17H19BrF2N4O2. The summed E-state index contributed by atoms with van der Waals surface area (Å²) < 4.78 is 32.7. The van der Waals surface area contributed by atoms with Crippen molar-refractivity contribution in [2.45, 2.75) is 25.4 Å². The van der Waals surface area contributed by atoms with Gasteiger partial charge in [0.15, 0.2) is 0 Å². The average Bonchev–Trinajstić information content (AvgIpc) is 3.16. The predicted octanol–water partition coefficient (Wildman–Crippen LogP) is 4.01. The summed E-state index contributed by atoms with van der Waals surface area (Å²) in [6, 6.07) is 3.45. The van der Waals surface area contributed by atoms with Gasteiger partial charge in [-0.3, -0.25) is 5.01 Å². The van der Waals surface area contributed by atoms with Crippen LogP contribution in [0.15, 0.2) is 51.1 Å². The second kappa shape index (κ2) is 7.79. The average molecular weight is 429 g/mol. The van der Waals surface area contributed by atoms with Crippen LogP contribution in [0, 0.1) is 5.92 Å². The maximum absolute atomic E-state index is 13.1. The van der Waals surface area contributed by atoms with E-state index in [0.717, 1.165) is 0 Å². The Hall–Kier alpha value is -1.87. The van der Waals surface area contributed by atoms with Gasteiger partial charge in [-0.25, -0.2) is 13.8 Å². The molecule has 1 aromatic rings. The third-order valence-electron chi connectivity index (χ3n) is 4.10. The summed E-state index contributed by atoms with van der Waals surface area (Å²) in [5, 5.41) is 19.4. The Morgan fingerprint density at radius 1 is 1.50 bits per heavy atom. The van der Waals surface area contributed by atoms with Crippen LogP contribution in [0.3, 0.4) is 0 Å². The fourth-order valence-electron chi connectivity index (χ4n) is 2.50. The lowest BCUT2D eigenvalue weighted by atomic mass is 10.2. The maximum Gasteiger partial charge on any atom is 0.253 e. The summed E-state index contributed by atoms with van der Waals surface area (Å²) in [6.45, 7) is 2.34. The van der Waals surface area contributed by atoms with Gasteiger partial charge in [-0.15, -0.1) is 0 Å². The van der Waals surface area contributed by atoms with E-state index in [9.17, 15) is 13.9 Å². The van der Waals surface area contributed by atoms with E-state index in [2.05, 4.69) is 31.3 Å². The quantitative estimate of drug-likeness (QED) is 0.768. The second-order valence-corrected chi connectivity index (χ2v) is 7.23. The van der Waals surface area contributed by atoms with E-state index in [4.69, 9.17) is 4.74 Å². The second-order valence-electron chi connectivity index (χ2n) is 6.27.